The summed E-state index contributed by atoms with van der Waals surface area (Å²) >= 11 is 2.21. The van der Waals surface area contributed by atoms with E-state index >= 15 is 0 Å². The second-order valence-corrected chi connectivity index (χ2v) is 8.53. The number of nitrogens with one attached hydrogen (secondary N) is 1. The van der Waals surface area contributed by atoms with Gasteiger partial charge in [0.2, 0.25) is 0 Å². The fourth-order valence-electron chi connectivity index (χ4n) is 2.97. The molecule has 18 heavy (non-hydrogen) atoms. The molecule has 3 unspecified atom stereocenters. The van der Waals surface area contributed by atoms with Crippen molar-refractivity contribution in [1.82, 2.24) is 10.2 Å². The van der Waals surface area contributed by atoms with Crippen molar-refractivity contribution in [3.63, 3.8) is 0 Å². The van der Waals surface area contributed by atoms with Crippen LogP contribution >= 0.6 is 11.8 Å². The van der Waals surface area contributed by atoms with Gasteiger partial charge >= 0.3 is 0 Å². The Morgan fingerprint density at radius 1 is 1.28 bits per heavy atom. The summed E-state index contributed by atoms with van der Waals surface area (Å²) in [5, 5.41) is 4.62. The molecule has 1 N–H and O–H groups in total. The average molecular weight is 270 g/mol. The predicted molar refractivity (Wildman–Crippen MR) is 82.4 cm³/mol. The third-order valence-electron chi connectivity index (χ3n) is 4.46. The highest BCUT2D eigenvalue weighted by Gasteiger charge is 2.33. The topological polar surface area (TPSA) is 15.3 Å². The first-order chi connectivity index (χ1) is 8.47. The molecule has 0 amide bonds. The number of hydrogen-bond donors (Lipinski definition) is 1. The molecule has 0 radical (unpaired) electrons. The molecule has 0 aromatic carbocycles. The Hall–Kier alpha value is 0.270. The van der Waals surface area contributed by atoms with Gasteiger partial charge in [0.25, 0.3) is 0 Å². The zero-order valence-electron chi connectivity index (χ0n) is 12.5. The summed E-state index contributed by atoms with van der Waals surface area (Å²) in [6.07, 6.45) is 4.31. The minimum Gasteiger partial charge on any atom is -0.311 e. The van der Waals surface area contributed by atoms with Crippen LogP contribution in [0.3, 0.4) is 0 Å². The normalized spacial score (nSPS) is 35.7. The Labute approximate surface area is 117 Å². The van der Waals surface area contributed by atoms with E-state index in [1.54, 1.807) is 0 Å². The zero-order chi connectivity index (χ0) is 13.2. The highest BCUT2D eigenvalue weighted by molar-refractivity contribution is 7.99. The number of hydrogen-bond acceptors (Lipinski definition) is 3. The molecule has 2 rings (SSSR count). The maximum Gasteiger partial charge on any atom is 0.0244 e. The van der Waals surface area contributed by atoms with Gasteiger partial charge in [-0.05, 0) is 30.9 Å². The lowest BCUT2D eigenvalue weighted by Gasteiger charge is -2.45. The van der Waals surface area contributed by atoms with E-state index < -0.39 is 0 Å². The summed E-state index contributed by atoms with van der Waals surface area (Å²) < 4.78 is 0. The van der Waals surface area contributed by atoms with Gasteiger partial charge in [0.05, 0.1) is 0 Å². The molecular weight excluding hydrogens is 240 g/mol. The molecule has 0 bridgehead atoms. The monoisotopic (exact) mass is 270 g/mol. The van der Waals surface area contributed by atoms with Gasteiger partial charge in [-0.2, -0.15) is 11.8 Å². The average Bonchev–Trinajstić information content (AvgIpc) is 2.32. The molecule has 2 heterocycles. The molecule has 0 aromatic heterocycles. The summed E-state index contributed by atoms with van der Waals surface area (Å²) in [7, 11) is 0. The van der Waals surface area contributed by atoms with Gasteiger partial charge in [0.1, 0.15) is 0 Å². The van der Waals surface area contributed by atoms with E-state index in [1.165, 1.54) is 38.1 Å². The van der Waals surface area contributed by atoms with Crippen molar-refractivity contribution < 1.29 is 0 Å². The highest BCUT2D eigenvalue weighted by atomic mass is 32.2. The van der Waals surface area contributed by atoms with Crippen molar-refractivity contribution in [3.8, 4) is 0 Å². The van der Waals surface area contributed by atoms with Crippen LogP contribution in [-0.4, -0.2) is 47.6 Å². The predicted octanol–water partition coefficient (Wildman–Crippen LogP) is 2.98. The molecule has 2 saturated heterocycles. The van der Waals surface area contributed by atoms with Gasteiger partial charge in [-0.3, -0.25) is 4.90 Å². The molecular formula is C15H30N2S. The van der Waals surface area contributed by atoms with Crippen LogP contribution in [0.15, 0.2) is 0 Å². The number of thioether (sulfide) groups is 1. The Kier molecular flexibility index (Phi) is 5.01. The van der Waals surface area contributed by atoms with Gasteiger partial charge in [-0.1, -0.05) is 27.2 Å². The largest absolute Gasteiger partial charge is 0.311 e. The highest BCUT2D eigenvalue weighted by Crippen LogP contribution is 2.28. The summed E-state index contributed by atoms with van der Waals surface area (Å²) in [5.74, 6) is 1.38. The van der Waals surface area contributed by atoms with E-state index in [0.29, 0.717) is 17.5 Å². The Balaban J connectivity index is 1.88. The smallest absolute Gasteiger partial charge is 0.0244 e. The van der Waals surface area contributed by atoms with Gasteiger partial charge < -0.3 is 5.32 Å². The van der Waals surface area contributed by atoms with Crippen LogP contribution in [0.25, 0.3) is 0 Å². The molecule has 0 aliphatic carbocycles. The maximum atomic E-state index is 3.73. The molecule has 3 atom stereocenters. The molecule has 2 fully saturated rings. The second kappa shape index (κ2) is 6.15. The maximum absolute atomic E-state index is 3.73. The van der Waals surface area contributed by atoms with E-state index in [-0.39, 0.29) is 0 Å². The minimum atomic E-state index is 0.373. The number of rotatable bonds is 2. The third-order valence-corrected chi connectivity index (χ3v) is 5.84. The molecule has 0 aromatic rings. The summed E-state index contributed by atoms with van der Waals surface area (Å²) in [4.78, 5) is 2.73. The Morgan fingerprint density at radius 2 is 2.06 bits per heavy atom. The van der Waals surface area contributed by atoms with Gasteiger partial charge in [0, 0.05) is 37.0 Å². The second-order valence-electron chi connectivity index (χ2n) is 7.12. The van der Waals surface area contributed by atoms with Crippen molar-refractivity contribution in [1.29, 1.82) is 0 Å². The first-order valence-electron chi connectivity index (χ1n) is 7.56. The van der Waals surface area contributed by atoms with Crippen LogP contribution in [0, 0.1) is 5.41 Å². The Morgan fingerprint density at radius 3 is 2.67 bits per heavy atom. The van der Waals surface area contributed by atoms with Crippen LogP contribution in [0.1, 0.15) is 47.0 Å². The van der Waals surface area contributed by atoms with Crippen molar-refractivity contribution in [2.45, 2.75) is 64.3 Å². The fourth-order valence-corrected chi connectivity index (χ4v) is 4.30. The molecule has 0 saturated carbocycles. The van der Waals surface area contributed by atoms with Gasteiger partial charge in [0.15, 0.2) is 0 Å². The summed E-state index contributed by atoms with van der Waals surface area (Å²) in [5.41, 5.74) is 0.373. The van der Waals surface area contributed by atoms with Crippen molar-refractivity contribution in [2.24, 2.45) is 5.41 Å². The van der Waals surface area contributed by atoms with Gasteiger partial charge in [-0.25, -0.2) is 0 Å². The van der Waals surface area contributed by atoms with Crippen LogP contribution < -0.4 is 5.32 Å². The molecule has 0 spiro atoms. The van der Waals surface area contributed by atoms with Crippen molar-refractivity contribution >= 4 is 11.8 Å². The van der Waals surface area contributed by atoms with E-state index in [1.807, 2.05) is 0 Å². The van der Waals surface area contributed by atoms with Crippen LogP contribution in [-0.2, 0) is 0 Å². The first kappa shape index (κ1) is 14.7. The lowest BCUT2D eigenvalue weighted by Crippen LogP contribution is -2.60. The van der Waals surface area contributed by atoms with Crippen LogP contribution in [0.5, 0.6) is 0 Å². The molecule has 106 valence electrons. The van der Waals surface area contributed by atoms with E-state index in [9.17, 15) is 0 Å². The van der Waals surface area contributed by atoms with E-state index in [2.05, 4.69) is 49.7 Å². The van der Waals surface area contributed by atoms with E-state index in [4.69, 9.17) is 0 Å². The standard InChI is InChI=1S/C15H30N2S/c1-12-9-16-14(15(2,3)4)11-17(12)10-13-7-5-6-8-18-13/h12-14,16H,5-11H2,1-4H3. The molecule has 2 aliphatic heterocycles. The summed E-state index contributed by atoms with van der Waals surface area (Å²) in [6, 6.07) is 1.34. The van der Waals surface area contributed by atoms with Crippen LogP contribution in [0.2, 0.25) is 0 Å². The lowest BCUT2D eigenvalue weighted by atomic mass is 9.84. The fraction of sp³-hybridized carbons (Fsp3) is 1.00. The molecule has 3 heteroatoms. The van der Waals surface area contributed by atoms with E-state index in [0.717, 1.165) is 11.8 Å². The summed E-state index contributed by atoms with van der Waals surface area (Å²) in [6.45, 7) is 13.1. The minimum absolute atomic E-state index is 0.373. The number of nitrogens with zero attached hydrogens (tertiary/aromatic N) is 1. The van der Waals surface area contributed by atoms with Crippen molar-refractivity contribution in [3.05, 3.63) is 0 Å². The number of piperazine rings is 1. The third kappa shape index (κ3) is 3.88. The lowest BCUT2D eigenvalue weighted by molar-refractivity contribution is 0.0933. The van der Waals surface area contributed by atoms with Crippen LogP contribution in [0.4, 0.5) is 0 Å². The zero-order valence-corrected chi connectivity index (χ0v) is 13.4. The SMILES string of the molecule is CC1CNC(C(C)(C)C)CN1CC1CCCCS1. The molecule has 2 aliphatic rings. The first-order valence-corrected chi connectivity index (χ1v) is 8.61. The van der Waals surface area contributed by atoms with Crippen molar-refractivity contribution in [2.75, 3.05) is 25.4 Å². The molecule has 2 nitrogen and oxygen atoms in total. The Bertz CT molecular complexity index is 256. The quantitative estimate of drug-likeness (QED) is 0.830. The van der Waals surface area contributed by atoms with Gasteiger partial charge in [-0.15, -0.1) is 0 Å².